The molecule has 0 bridgehead atoms. The van der Waals surface area contributed by atoms with E-state index in [9.17, 15) is 41.8 Å². The van der Waals surface area contributed by atoms with Gasteiger partial charge in [-0.05, 0) is 31.2 Å². The van der Waals surface area contributed by atoms with Crippen LogP contribution in [0.3, 0.4) is 0 Å². The number of likely N-dealkylation sites (N-methyl/N-ethyl adjacent to an activating group) is 1. The van der Waals surface area contributed by atoms with Gasteiger partial charge < -0.3 is 15.1 Å². The third kappa shape index (κ3) is 4.00. The third-order valence-electron chi connectivity index (χ3n) is 4.89. The number of pyridine rings is 1. The van der Waals surface area contributed by atoms with Crippen LogP contribution in [0.15, 0.2) is 24.3 Å². The van der Waals surface area contributed by atoms with Crippen molar-refractivity contribution in [3.8, 4) is 0 Å². The number of benzene rings is 1. The standard InChI is InChI=1S/C19H15ClF5N3O4/c1-7-5-8(19(23,24)25)6-11(26-7)28-14(15(29)16(30)18(28)32)17(31)27(2)10-4-3-9(21)12(20)13(10)22/h3-6,14-16,29-30H,1-2H3. The molecule has 0 radical (unpaired) electrons. The Kier molecular flexibility index (Phi) is 6.15. The number of aliphatic hydroxyl groups excluding tert-OH is 2. The zero-order valence-corrected chi connectivity index (χ0v) is 17.1. The summed E-state index contributed by atoms with van der Waals surface area (Å²) in [5, 5.41) is 19.4. The van der Waals surface area contributed by atoms with Gasteiger partial charge in [-0.25, -0.2) is 13.8 Å². The van der Waals surface area contributed by atoms with Gasteiger partial charge in [0, 0.05) is 12.7 Å². The maximum atomic E-state index is 14.4. The van der Waals surface area contributed by atoms with Crippen molar-refractivity contribution in [3.05, 3.63) is 52.2 Å². The molecule has 7 nitrogen and oxygen atoms in total. The zero-order chi connectivity index (χ0) is 24.1. The molecule has 3 unspecified atom stereocenters. The van der Waals surface area contributed by atoms with Gasteiger partial charge in [0.25, 0.3) is 11.8 Å². The first kappa shape index (κ1) is 23.8. The van der Waals surface area contributed by atoms with Gasteiger partial charge in [-0.3, -0.25) is 14.5 Å². The highest BCUT2D eigenvalue weighted by atomic mass is 35.5. The first-order chi connectivity index (χ1) is 14.8. The summed E-state index contributed by atoms with van der Waals surface area (Å²) < 4.78 is 67.5. The fourth-order valence-electron chi connectivity index (χ4n) is 3.29. The first-order valence-corrected chi connectivity index (χ1v) is 9.29. The fraction of sp³-hybridized carbons (Fsp3) is 0.316. The minimum atomic E-state index is -4.81. The number of aliphatic hydroxyl groups is 2. The van der Waals surface area contributed by atoms with E-state index in [0.29, 0.717) is 21.9 Å². The molecule has 2 N–H and O–H groups in total. The smallest absolute Gasteiger partial charge is 0.387 e. The van der Waals surface area contributed by atoms with E-state index in [1.807, 2.05) is 0 Å². The molecular weight excluding hydrogens is 465 g/mol. The van der Waals surface area contributed by atoms with Crippen LogP contribution in [0, 0.1) is 18.6 Å². The van der Waals surface area contributed by atoms with Crippen molar-refractivity contribution in [2.75, 3.05) is 16.8 Å². The molecule has 172 valence electrons. The highest BCUT2D eigenvalue weighted by molar-refractivity contribution is 6.31. The molecule has 0 aliphatic carbocycles. The highest BCUT2D eigenvalue weighted by Crippen LogP contribution is 2.35. The summed E-state index contributed by atoms with van der Waals surface area (Å²) in [7, 11) is 1.01. The fourth-order valence-corrected chi connectivity index (χ4v) is 3.45. The van der Waals surface area contributed by atoms with Crippen molar-refractivity contribution in [1.29, 1.82) is 0 Å². The van der Waals surface area contributed by atoms with E-state index >= 15 is 0 Å². The lowest BCUT2D eigenvalue weighted by Crippen LogP contribution is -2.50. The van der Waals surface area contributed by atoms with Crippen molar-refractivity contribution in [1.82, 2.24) is 4.98 Å². The molecule has 1 aromatic heterocycles. The number of rotatable bonds is 3. The molecule has 2 amide bonds. The van der Waals surface area contributed by atoms with Crippen LogP contribution in [-0.2, 0) is 15.8 Å². The average molecular weight is 480 g/mol. The molecule has 1 aliphatic heterocycles. The van der Waals surface area contributed by atoms with Gasteiger partial charge in [0.05, 0.1) is 11.3 Å². The second-order valence-corrected chi connectivity index (χ2v) is 7.41. The normalized spacial score (nSPS) is 21.2. The molecule has 1 fully saturated rings. The van der Waals surface area contributed by atoms with Gasteiger partial charge in [0.15, 0.2) is 11.9 Å². The zero-order valence-electron chi connectivity index (χ0n) is 16.4. The van der Waals surface area contributed by atoms with Crippen LogP contribution in [0.5, 0.6) is 0 Å². The molecule has 0 spiro atoms. The number of carbonyl (C=O) groups is 2. The molecule has 2 aromatic rings. The van der Waals surface area contributed by atoms with E-state index in [0.717, 1.165) is 19.2 Å². The van der Waals surface area contributed by atoms with Crippen LogP contribution in [-0.4, -0.2) is 52.3 Å². The quantitative estimate of drug-likeness (QED) is 0.521. The number of nitrogens with zero attached hydrogens (tertiary/aromatic N) is 3. The van der Waals surface area contributed by atoms with Crippen molar-refractivity contribution < 1.29 is 41.8 Å². The van der Waals surface area contributed by atoms with Crippen LogP contribution in [0.2, 0.25) is 5.02 Å². The second kappa shape index (κ2) is 8.26. The molecule has 2 heterocycles. The number of aryl methyl sites for hydroxylation is 1. The predicted molar refractivity (Wildman–Crippen MR) is 102 cm³/mol. The number of halogens is 6. The first-order valence-electron chi connectivity index (χ1n) is 8.91. The van der Waals surface area contributed by atoms with Gasteiger partial charge in [0.1, 0.15) is 28.8 Å². The second-order valence-electron chi connectivity index (χ2n) is 7.03. The van der Waals surface area contributed by atoms with Gasteiger partial charge in [-0.1, -0.05) is 11.6 Å². The molecule has 1 aliphatic rings. The Balaban J connectivity index is 2.08. The summed E-state index contributed by atoms with van der Waals surface area (Å²) in [6.07, 6.45) is -9.05. The summed E-state index contributed by atoms with van der Waals surface area (Å²) in [4.78, 5) is 30.4. The Morgan fingerprint density at radius 2 is 1.84 bits per heavy atom. The van der Waals surface area contributed by atoms with Crippen molar-refractivity contribution in [2.45, 2.75) is 31.3 Å². The molecular formula is C19H15ClF5N3O4. The Labute approximate surface area is 182 Å². The number of hydrogen-bond acceptors (Lipinski definition) is 5. The summed E-state index contributed by atoms with van der Waals surface area (Å²) in [5.41, 5.74) is -1.87. The largest absolute Gasteiger partial charge is 0.416 e. The van der Waals surface area contributed by atoms with Crippen LogP contribution in [0.25, 0.3) is 0 Å². The maximum absolute atomic E-state index is 14.4. The Morgan fingerprint density at radius 3 is 2.44 bits per heavy atom. The van der Waals surface area contributed by atoms with Gasteiger partial charge in [-0.2, -0.15) is 13.2 Å². The molecule has 0 saturated carbocycles. The van der Waals surface area contributed by atoms with Gasteiger partial charge in [-0.15, -0.1) is 0 Å². The lowest BCUT2D eigenvalue weighted by molar-refractivity contribution is -0.137. The number of hydrogen-bond donors (Lipinski definition) is 2. The molecule has 1 saturated heterocycles. The summed E-state index contributed by atoms with van der Waals surface area (Å²) >= 11 is 5.51. The number of aromatic nitrogens is 1. The molecule has 1 aromatic carbocycles. The average Bonchev–Trinajstić information content (AvgIpc) is 2.94. The number of alkyl halides is 3. The number of carbonyl (C=O) groups excluding carboxylic acids is 2. The topological polar surface area (TPSA) is 94.0 Å². The van der Waals surface area contributed by atoms with Crippen LogP contribution >= 0.6 is 11.6 Å². The van der Waals surface area contributed by atoms with Crippen molar-refractivity contribution in [2.24, 2.45) is 0 Å². The van der Waals surface area contributed by atoms with Gasteiger partial charge >= 0.3 is 6.18 Å². The van der Waals surface area contributed by atoms with E-state index in [-0.39, 0.29) is 5.69 Å². The van der Waals surface area contributed by atoms with E-state index in [1.165, 1.54) is 6.92 Å². The maximum Gasteiger partial charge on any atom is 0.416 e. The molecule has 3 rings (SSSR count). The predicted octanol–water partition coefficient (Wildman–Crippen LogP) is 2.44. The van der Waals surface area contributed by atoms with Gasteiger partial charge in [0.2, 0.25) is 0 Å². The van der Waals surface area contributed by atoms with Crippen molar-refractivity contribution in [3.63, 3.8) is 0 Å². The van der Waals surface area contributed by atoms with Crippen LogP contribution in [0.4, 0.5) is 33.5 Å². The molecule has 32 heavy (non-hydrogen) atoms. The van der Waals surface area contributed by atoms with Crippen molar-refractivity contribution >= 4 is 34.9 Å². The monoisotopic (exact) mass is 479 g/mol. The lowest BCUT2D eigenvalue weighted by atomic mass is 10.1. The Morgan fingerprint density at radius 1 is 1.22 bits per heavy atom. The SMILES string of the molecule is Cc1cc(C(F)(F)F)cc(N2C(=O)C(O)C(O)C2C(=O)N(C)c2ccc(F)c(Cl)c2F)n1. The van der Waals surface area contributed by atoms with Crippen LogP contribution in [0.1, 0.15) is 11.3 Å². The minimum absolute atomic E-state index is 0.158. The molecule has 3 atom stereocenters. The summed E-state index contributed by atoms with van der Waals surface area (Å²) in [6.45, 7) is 1.21. The van der Waals surface area contributed by atoms with E-state index < -0.39 is 70.0 Å². The minimum Gasteiger partial charge on any atom is -0.387 e. The lowest BCUT2D eigenvalue weighted by Gasteiger charge is -2.29. The van der Waals surface area contributed by atoms with E-state index in [1.54, 1.807) is 0 Å². The van der Waals surface area contributed by atoms with E-state index in [4.69, 9.17) is 11.6 Å². The molecule has 13 heteroatoms. The summed E-state index contributed by atoms with van der Waals surface area (Å²) in [5.74, 6) is -5.55. The third-order valence-corrected chi connectivity index (χ3v) is 5.24. The number of anilines is 2. The Hall–Kier alpha value is -2.83. The van der Waals surface area contributed by atoms with E-state index in [2.05, 4.69) is 4.98 Å². The number of amides is 2. The Bertz CT molecular complexity index is 1100. The van der Waals surface area contributed by atoms with Crippen LogP contribution < -0.4 is 9.80 Å². The highest BCUT2D eigenvalue weighted by Gasteiger charge is 2.53. The summed E-state index contributed by atoms with van der Waals surface area (Å²) in [6, 6.07) is 0.859.